The lowest BCUT2D eigenvalue weighted by molar-refractivity contribution is 0.383. The van der Waals surface area contributed by atoms with E-state index in [-0.39, 0.29) is 36.1 Å². The SMILES string of the molecule is O=S(=O)(NCCS(=O)(=O)N1CCN(c2ccccc2F)CC1)c1ccc(Cl)cc1. The second-order valence-electron chi connectivity index (χ2n) is 6.51. The highest BCUT2D eigenvalue weighted by atomic mass is 35.5. The molecule has 7 nitrogen and oxygen atoms in total. The van der Waals surface area contributed by atoms with E-state index >= 15 is 0 Å². The molecule has 158 valence electrons. The molecule has 1 fully saturated rings. The van der Waals surface area contributed by atoms with Crippen LogP contribution in [0.5, 0.6) is 0 Å². The predicted octanol–water partition coefficient (Wildman–Crippen LogP) is 1.91. The molecule has 2 aromatic carbocycles. The Kier molecular flexibility index (Phi) is 6.79. The number of halogens is 2. The fraction of sp³-hybridized carbons (Fsp3) is 0.333. The lowest BCUT2D eigenvalue weighted by Gasteiger charge is -2.35. The summed E-state index contributed by atoms with van der Waals surface area (Å²) in [6.07, 6.45) is 0. The number of nitrogens with zero attached hydrogens (tertiary/aromatic N) is 2. The fourth-order valence-corrected chi connectivity index (χ4v) is 5.67. The standard InChI is InChI=1S/C18H21ClFN3O4S2/c19-15-5-7-16(8-6-15)29(26,27)21-9-14-28(24,25)23-12-10-22(11-13-23)18-4-2-1-3-17(18)20/h1-8,21H,9-14H2. The summed E-state index contributed by atoms with van der Waals surface area (Å²) >= 11 is 5.75. The van der Waals surface area contributed by atoms with Crippen LogP contribution in [0.15, 0.2) is 53.4 Å². The second kappa shape index (κ2) is 8.97. The van der Waals surface area contributed by atoms with Crippen molar-refractivity contribution < 1.29 is 21.2 Å². The van der Waals surface area contributed by atoms with Gasteiger partial charge in [0.05, 0.1) is 16.3 Å². The highest BCUT2D eigenvalue weighted by Gasteiger charge is 2.28. The quantitative estimate of drug-likeness (QED) is 0.680. The molecule has 0 aromatic heterocycles. The summed E-state index contributed by atoms with van der Waals surface area (Å²) in [7, 11) is -7.47. The molecule has 0 radical (unpaired) electrons. The van der Waals surface area contributed by atoms with Crippen LogP contribution in [-0.2, 0) is 20.0 Å². The Hall–Kier alpha value is -1.72. The Labute approximate surface area is 175 Å². The van der Waals surface area contributed by atoms with Crippen molar-refractivity contribution in [3.05, 3.63) is 59.4 Å². The van der Waals surface area contributed by atoms with E-state index in [9.17, 15) is 21.2 Å². The number of piperazine rings is 1. The average molecular weight is 462 g/mol. The minimum Gasteiger partial charge on any atom is -0.367 e. The van der Waals surface area contributed by atoms with Crippen molar-refractivity contribution in [2.24, 2.45) is 0 Å². The zero-order valence-corrected chi connectivity index (χ0v) is 17.9. The van der Waals surface area contributed by atoms with Gasteiger partial charge in [0.25, 0.3) is 0 Å². The molecule has 0 spiro atoms. The van der Waals surface area contributed by atoms with Gasteiger partial charge in [0.1, 0.15) is 5.82 Å². The lowest BCUT2D eigenvalue weighted by atomic mass is 10.2. The van der Waals surface area contributed by atoms with Gasteiger partial charge in [-0.15, -0.1) is 0 Å². The Morgan fingerprint density at radius 2 is 1.55 bits per heavy atom. The predicted molar refractivity (Wildman–Crippen MR) is 111 cm³/mol. The summed E-state index contributed by atoms with van der Waals surface area (Å²) < 4.78 is 67.1. The summed E-state index contributed by atoms with van der Waals surface area (Å²) in [5.74, 6) is -0.708. The van der Waals surface area contributed by atoms with E-state index in [1.54, 1.807) is 23.1 Å². The van der Waals surface area contributed by atoms with Crippen LogP contribution in [0.2, 0.25) is 5.02 Å². The molecule has 1 aliphatic heterocycles. The van der Waals surface area contributed by atoms with Crippen molar-refractivity contribution in [3.8, 4) is 0 Å². The van der Waals surface area contributed by atoms with Crippen molar-refractivity contribution >= 4 is 37.3 Å². The van der Waals surface area contributed by atoms with E-state index in [2.05, 4.69) is 4.72 Å². The zero-order chi connectivity index (χ0) is 21.1. The Balaban J connectivity index is 1.54. The number of para-hydroxylation sites is 1. The van der Waals surface area contributed by atoms with Gasteiger partial charge in [0.15, 0.2) is 0 Å². The summed E-state index contributed by atoms with van der Waals surface area (Å²) in [5.41, 5.74) is 0.445. The van der Waals surface area contributed by atoms with Crippen LogP contribution in [0.25, 0.3) is 0 Å². The van der Waals surface area contributed by atoms with Crippen LogP contribution >= 0.6 is 11.6 Å². The van der Waals surface area contributed by atoms with E-state index in [0.717, 1.165) is 0 Å². The molecule has 1 aliphatic rings. The van der Waals surface area contributed by atoms with Gasteiger partial charge in [0.2, 0.25) is 20.0 Å². The van der Waals surface area contributed by atoms with Gasteiger partial charge in [0, 0.05) is 37.7 Å². The molecule has 0 aliphatic carbocycles. The molecule has 29 heavy (non-hydrogen) atoms. The summed E-state index contributed by atoms with van der Waals surface area (Å²) in [4.78, 5) is 1.81. The van der Waals surface area contributed by atoms with Crippen LogP contribution < -0.4 is 9.62 Å². The Morgan fingerprint density at radius 3 is 2.17 bits per heavy atom. The molecule has 3 rings (SSSR count). The van der Waals surface area contributed by atoms with Crippen LogP contribution in [0, 0.1) is 5.82 Å². The van der Waals surface area contributed by atoms with Crippen molar-refractivity contribution in [2.75, 3.05) is 43.4 Å². The van der Waals surface area contributed by atoms with Gasteiger partial charge in [-0.25, -0.2) is 25.9 Å². The molecule has 0 atom stereocenters. The molecule has 1 saturated heterocycles. The highest BCUT2D eigenvalue weighted by molar-refractivity contribution is 7.90. The third-order valence-electron chi connectivity index (χ3n) is 4.60. The molecule has 2 aromatic rings. The third-order valence-corrected chi connectivity index (χ3v) is 8.20. The maximum absolute atomic E-state index is 13.9. The van der Waals surface area contributed by atoms with Crippen molar-refractivity contribution in [1.82, 2.24) is 9.03 Å². The summed E-state index contributed by atoms with van der Waals surface area (Å²) in [6.45, 7) is 0.884. The first-order valence-electron chi connectivity index (χ1n) is 8.91. The minimum atomic E-state index is -3.82. The minimum absolute atomic E-state index is 0.0119. The summed E-state index contributed by atoms with van der Waals surface area (Å²) in [6, 6.07) is 11.9. The number of anilines is 1. The number of nitrogens with one attached hydrogen (secondary N) is 1. The fourth-order valence-electron chi connectivity index (χ4n) is 3.05. The van der Waals surface area contributed by atoms with E-state index in [0.29, 0.717) is 23.8 Å². The van der Waals surface area contributed by atoms with Crippen LogP contribution in [0.3, 0.4) is 0 Å². The maximum atomic E-state index is 13.9. The molecule has 0 amide bonds. The van der Waals surface area contributed by atoms with Gasteiger partial charge < -0.3 is 4.90 Å². The van der Waals surface area contributed by atoms with Crippen LogP contribution in [0.1, 0.15) is 0 Å². The number of hydrogen-bond acceptors (Lipinski definition) is 5. The van der Waals surface area contributed by atoms with E-state index < -0.39 is 20.0 Å². The molecule has 1 heterocycles. The first-order valence-corrected chi connectivity index (χ1v) is 12.4. The normalized spacial score (nSPS) is 16.1. The van der Waals surface area contributed by atoms with E-state index in [1.165, 1.54) is 34.6 Å². The first kappa shape index (κ1) is 22.0. The number of sulfonamides is 2. The van der Waals surface area contributed by atoms with Gasteiger partial charge in [-0.05, 0) is 36.4 Å². The summed E-state index contributed by atoms with van der Waals surface area (Å²) in [5, 5.41) is 0.404. The van der Waals surface area contributed by atoms with E-state index in [1.807, 2.05) is 0 Å². The van der Waals surface area contributed by atoms with Crippen LogP contribution in [-0.4, -0.2) is 59.6 Å². The zero-order valence-electron chi connectivity index (χ0n) is 15.5. The lowest BCUT2D eigenvalue weighted by Crippen LogP contribution is -2.50. The monoisotopic (exact) mass is 461 g/mol. The third kappa shape index (κ3) is 5.46. The molecular weight excluding hydrogens is 441 g/mol. The average Bonchev–Trinajstić information content (AvgIpc) is 2.68. The highest BCUT2D eigenvalue weighted by Crippen LogP contribution is 2.21. The first-order chi connectivity index (χ1) is 13.7. The van der Waals surface area contributed by atoms with E-state index in [4.69, 9.17) is 11.6 Å². The smallest absolute Gasteiger partial charge is 0.240 e. The molecule has 11 heteroatoms. The van der Waals surface area contributed by atoms with Gasteiger partial charge in [-0.3, -0.25) is 0 Å². The van der Waals surface area contributed by atoms with Gasteiger partial charge in [-0.1, -0.05) is 23.7 Å². The molecule has 0 saturated carbocycles. The second-order valence-corrected chi connectivity index (χ2v) is 10.8. The van der Waals surface area contributed by atoms with Crippen molar-refractivity contribution in [3.63, 3.8) is 0 Å². The number of rotatable bonds is 7. The molecular formula is C18H21ClFN3O4S2. The van der Waals surface area contributed by atoms with Gasteiger partial charge in [-0.2, -0.15) is 4.31 Å². The largest absolute Gasteiger partial charge is 0.367 e. The molecule has 1 N–H and O–H groups in total. The van der Waals surface area contributed by atoms with Crippen molar-refractivity contribution in [1.29, 1.82) is 0 Å². The molecule has 0 bridgehead atoms. The van der Waals surface area contributed by atoms with Crippen molar-refractivity contribution in [2.45, 2.75) is 4.90 Å². The topological polar surface area (TPSA) is 86.8 Å². The van der Waals surface area contributed by atoms with Crippen LogP contribution in [0.4, 0.5) is 10.1 Å². The maximum Gasteiger partial charge on any atom is 0.240 e. The Morgan fingerprint density at radius 1 is 0.931 bits per heavy atom. The molecule has 0 unspecified atom stereocenters. The number of hydrogen-bond donors (Lipinski definition) is 1. The Bertz CT molecular complexity index is 1050. The van der Waals surface area contributed by atoms with Gasteiger partial charge >= 0.3 is 0 Å². The number of benzene rings is 2.